The van der Waals surface area contributed by atoms with Crippen LogP contribution in [0.5, 0.6) is 0 Å². The molecule has 2 heterocycles. The lowest BCUT2D eigenvalue weighted by atomic mass is 10.1. The van der Waals surface area contributed by atoms with Crippen LogP contribution in [-0.4, -0.2) is 20.6 Å². The van der Waals surface area contributed by atoms with Crippen molar-refractivity contribution < 1.29 is 9.18 Å². The third-order valence-corrected chi connectivity index (χ3v) is 4.73. The van der Waals surface area contributed by atoms with E-state index in [1.54, 1.807) is 6.07 Å². The van der Waals surface area contributed by atoms with Gasteiger partial charge in [-0.3, -0.25) is 0 Å². The number of amides is 2. The van der Waals surface area contributed by atoms with Crippen molar-refractivity contribution in [2.75, 3.05) is 11.1 Å². The van der Waals surface area contributed by atoms with Gasteiger partial charge in [0.05, 0.1) is 17.6 Å². The summed E-state index contributed by atoms with van der Waals surface area (Å²) in [5.74, 6) is 0.978. The fourth-order valence-electron chi connectivity index (χ4n) is 3.50. The number of benzene rings is 2. The van der Waals surface area contributed by atoms with Crippen LogP contribution in [0.1, 0.15) is 19.7 Å². The van der Waals surface area contributed by atoms with Gasteiger partial charge in [-0.2, -0.15) is 0 Å². The van der Waals surface area contributed by atoms with Gasteiger partial charge in [-0.25, -0.2) is 19.2 Å². The van der Waals surface area contributed by atoms with E-state index in [1.807, 2.05) is 24.3 Å². The predicted octanol–water partition coefficient (Wildman–Crippen LogP) is 4.28. The lowest BCUT2D eigenvalue weighted by Crippen LogP contribution is -2.29. The lowest BCUT2D eigenvalue weighted by molar-refractivity contribution is 0.251. The van der Waals surface area contributed by atoms with Crippen molar-refractivity contribution in [3.05, 3.63) is 60.2 Å². The molecule has 0 saturated carbocycles. The van der Waals surface area contributed by atoms with E-state index < -0.39 is 11.8 Å². The molecule has 0 aliphatic heterocycles. The monoisotopic (exact) mass is 406 g/mol. The Morgan fingerprint density at radius 1 is 1.17 bits per heavy atom. The number of fused-ring (bicyclic) bond motifs is 3. The summed E-state index contributed by atoms with van der Waals surface area (Å²) in [6.45, 7) is 5.14. The molecule has 0 atom stereocenters. The van der Waals surface area contributed by atoms with Gasteiger partial charge in [0.15, 0.2) is 5.82 Å². The van der Waals surface area contributed by atoms with Crippen molar-refractivity contribution in [3.8, 4) is 0 Å². The van der Waals surface area contributed by atoms with Crippen molar-refractivity contribution in [1.29, 1.82) is 0 Å². The molecule has 4 rings (SSSR count). The zero-order valence-corrected chi connectivity index (χ0v) is 16.8. The molecule has 154 valence electrons. The number of nitrogens with zero attached hydrogens (tertiary/aromatic N) is 3. The standard InChI is InChI=1S/C22H23FN6O/c1-13(2)12-29-18(11-25-22(30)26-15-7-5-6-14(23)10-15)28-19-20(29)16-8-3-4-9-17(16)27-21(19)24/h3-10,13H,11-12H2,1-2H3,(H2,24,27)(H2,25,26,30). The Morgan fingerprint density at radius 3 is 2.73 bits per heavy atom. The Balaban J connectivity index is 1.67. The van der Waals surface area contributed by atoms with Crippen LogP contribution in [-0.2, 0) is 13.1 Å². The Labute approximate surface area is 173 Å². The molecule has 4 aromatic rings. The Morgan fingerprint density at radius 2 is 1.97 bits per heavy atom. The van der Waals surface area contributed by atoms with Crippen LogP contribution in [0, 0.1) is 11.7 Å². The minimum Gasteiger partial charge on any atom is -0.382 e. The summed E-state index contributed by atoms with van der Waals surface area (Å²) in [7, 11) is 0. The van der Waals surface area contributed by atoms with Gasteiger partial charge in [0.25, 0.3) is 0 Å². The number of urea groups is 1. The third kappa shape index (κ3) is 3.89. The molecule has 4 N–H and O–H groups in total. The number of hydrogen-bond acceptors (Lipinski definition) is 4. The number of hydrogen-bond donors (Lipinski definition) is 3. The van der Waals surface area contributed by atoms with E-state index in [0.29, 0.717) is 35.3 Å². The summed E-state index contributed by atoms with van der Waals surface area (Å²) < 4.78 is 15.4. The number of nitrogens with one attached hydrogen (secondary N) is 2. The van der Waals surface area contributed by atoms with Crippen LogP contribution >= 0.6 is 0 Å². The minimum absolute atomic E-state index is 0.191. The minimum atomic E-state index is -0.445. The van der Waals surface area contributed by atoms with Crippen molar-refractivity contribution >= 4 is 39.5 Å². The maximum absolute atomic E-state index is 13.3. The zero-order chi connectivity index (χ0) is 21.3. The van der Waals surface area contributed by atoms with Gasteiger partial charge in [0, 0.05) is 17.6 Å². The quantitative estimate of drug-likeness (QED) is 0.461. The van der Waals surface area contributed by atoms with Crippen molar-refractivity contribution in [2.45, 2.75) is 26.9 Å². The van der Waals surface area contributed by atoms with Crippen LogP contribution in [0.2, 0.25) is 0 Å². The Bertz CT molecular complexity index is 1230. The van der Waals surface area contributed by atoms with Crippen LogP contribution in [0.4, 0.5) is 20.7 Å². The maximum atomic E-state index is 13.3. The van der Waals surface area contributed by atoms with Crippen LogP contribution < -0.4 is 16.4 Å². The first-order valence-electron chi connectivity index (χ1n) is 9.76. The molecule has 2 aromatic carbocycles. The molecule has 0 spiro atoms. The molecule has 7 nitrogen and oxygen atoms in total. The van der Waals surface area contributed by atoms with E-state index in [2.05, 4.69) is 39.0 Å². The second-order valence-electron chi connectivity index (χ2n) is 7.56. The Hall–Kier alpha value is -3.68. The van der Waals surface area contributed by atoms with Gasteiger partial charge in [-0.15, -0.1) is 0 Å². The number of imidazole rings is 1. The highest BCUT2D eigenvalue weighted by molar-refractivity contribution is 6.06. The van der Waals surface area contributed by atoms with E-state index in [4.69, 9.17) is 5.73 Å². The smallest absolute Gasteiger partial charge is 0.319 e. The zero-order valence-electron chi connectivity index (χ0n) is 16.8. The van der Waals surface area contributed by atoms with Gasteiger partial charge in [0.2, 0.25) is 0 Å². The van der Waals surface area contributed by atoms with E-state index >= 15 is 0 Å². The molecule has 0 saturated heterocycles. The normalized spacial score (nSPS) is 11.3. The van der Waals surface area contributed by atoms with Crippen molar-refractivity contribution in [2.24, 2.45) is 5.92 Å². The summed E-state index contributed by atoms with van der Waals surface area (Å²) >= 11 is 0. The molecular formula is C22H23FN6O. The highest BCUT2D eigenvalue weighted by atomic mass is 19.1. The van der Waals surface area contributed by atoms with Crippen molar-refractivity contribution in [3.63, 3.8) is 0 Å². The van der Waals surface area contributed by atoms with Crippen LogP contribution in [0.25, 0.3) is 21.9 Å². The molecule has 30 heavy (non-hydrogen) atoms. The number of pyridine rings is 1. The summed E-state index contributed by atoms with van der Waals surface area (Å²) in [6.07, 6.45) is 0. The molecule has 0 radical (unpaired) electrons. The molecule has 0 aliphatic rings. The molecule has 2 aromatic heterocycles. The number of carbonyl (C=O) groups is 1. The number of anilines is 2. The molecule has 0 fully saturated rings. The summed E-state index contributed by atoms with van der Waals surface area (Å²) in [6, 6.07) is 13.1. The van der Waals surface area contributed by atoms with E-state index in [1.165, 1.54) is 18.2 Å². The molecule has 0 bridgehead atoms. The second-order valence-corrected chi connectivity index (χ2v) is 7.56. The maximum Gasteiger partial charge on any atom is 0.319 e. The van der Waals surface area contributed by atoms with Gasteiger partial charge in [-0.05, 0) is 30.2 Å². The third-order valence-electron chi connectivity index (χ3n) is 4.73. The largest absolute Gasteiger partial charge is 0.382 e. The highest BCUT2D eigenvalue weighted by Crippen LogP contribution is 2.29. The lowest BCUT2D eigenvalue weighted by Gasteiger charge is -2.14. The molecule has 0 aliphatic carbocycles. The second kappa shape index (κ2) is 7.98. The number of rotatable bonds is 5. The number of carbonyl (C=O) groups excluding carboxylic acids is 1. The molecular weight excluding hydrogens is 383 g/mol. The summed E-state index contributed by atoms with van der Waals surface area (Å²) in [5.41, 5.74) is 8.90. The van der Waals surface area contributed by atoms with E-state index in [9.17, 15) is 9.18 Å². The fraction of sp³-hybridized carbons (Fsp3) is 0.227. The average Bonchev–Trinajstić information content (AvgIpc) is 3.05. The number of aromatic nitrogens is 3. The highest BCUT2D eigenvalue weighted by Gasteiger charge is 2.18. The molecule has 2 amide bonds. The van der Waals surface area contributed by atoms with Crippen molar-refractivity contribution in [1.82, 2.24) is 19.9 Å². The summed E-state index contributed by atoms with van der Waals surface area (Å²) in [4.78, 5) is 21.5. The Kier molecular flexibility index (Phi) is 5.22. The number of nitrogen functional groups attached to an aromatic ring is 1. The SMILES string of the molecule is CC(C)Cn1c(CNC(=O)Nc2cccc(F)c2)nc2c(N)nc3ccccc3c21. The van der Waals surface area contributed by atoms with Crippen LogP contribution in [0.3, 0.4) is 0 Å². The molecule has 0 unspecified atom stereocenters. The topological polar surface area (TPSA) is 97.9 Å². The van der Waals surface area contributed by atoms with Gasteiger partial charge < -0.3 is 20.9 Å². The van der Waals surface area contributed by atoms with E-state index in [-0.39, 0.29) is 6.54 Å². The first kappa shape index (κ1) is 19.6. The van der Waals surface area contributed by atoms with Gasteiger partial charge in [-0.1, -0.05) is 38.1 Å². The van der Waals surface area contributed by atoms with Crippen LogP contribution in [0.15, 0.2) is 48.5 Å². The van der Waals surface area contributed by atoms with Gasteiger partial charge in [0.1, 0.15) is 17.2 Å². The predicted molar refractivity (Wildman–Crippen MR) is 117 cm³/mol. The summed E-state index contributed by atoms with van der Waals surface area (Å²) in [5, 5.41) is 6.38. The van der Waals surface area contributed by atoms with Gasteiger partial charge >= 0.3 is 6.03 Å². The average molecular weight is 406 g/mol. The first-order chi connectivity index (χ1) is 14.4. The molecule has 8 heteroatoms. The fourth-order valence-corrected chi connectivity index (χ4v) is 3.50. The number of halogens is 1. The number of nitrogens with two attached hydrogens (primary N) is 1. The van der Waals surface area contributed by atoms with E-state index in [0.717, 1.165) is 16.4 Å². The number of para-hydroxylation sites is 1. The first-order valence-corrected chi connectivity index (χ1v) is 9.76.